The number of piperidine rings is 1. The monoisotopic (exact) mass is 342 g/mol. The van der Waals surface area contributed by atoms with Crippen molar-refractivity contribution in [3.05, 3.63) is 41.7 Å². The second-order valence-electron chi connectivity index (χ2n) is 6.47. The lowest BCUT2D eigenvalue weighted by Gasteiger charge is -2.41. The first-order chi connectivity index (χ1) is 12.3. The Hall–Kier alpha value is -2.41. The highest BCUT2D eigenvalue weighted by atomic mass is 16.5. The number of amides is 1. The summed E-state index contributed by atoms with van der Waals surface area (Å²) in [5.41, 5.74) is 1.58. The topological polar surface area (TPSA) is 69.5 Å². The number of likely N-dealkylation sites (tertiary alicyclic amines) is 1. The highest BCUT2D eigenvalue weighted by Gasteiger charge is 2.38. The summed E-state index contributed by atoms with van der Waals surface area (Å²) >= 11 is 0. The van der Waals surface area contributed by atoms with Crippen LogP contribution in [0.1, 0.15) is 41.9 Å². The number of nitrogens with zero attached hydrogens (tertiary/aromatic N) is 4. The molecule has 1 aromatic heterocycles. The molecule has 0 aliphatic carbocycles. The van der Waals surface area contributed by atoms with Gasteiger partial charge in [-0.3, -0.25) is 4.79 Å². The maximum Gasteiger partial charge on any atom is 0.257 e. The van der Waals surface area contributed by atoms with Crippen molar-refractivity contribution in [2.75, 3.05) is 19.7 Å². The quantitative estimate of drug-likeness (QED) is 0.850. The highest BCUT2D eigenvalue weighted by molar-refractivity contribution is 5.97. The molecule has 2 aliphatic heterocycles. The SMILES string of the molecule is CCCOc1ccccc1C(=O)N1CC[C@@H]2OCc3cnnn3[C@H]2C1. The number of hydrogen-bond acceptors (Lipinski definition) is 5. The Bertz CT molecular complexity index is 760. The molecule has 0 bridgehead atoms. The summed E-state index contributed by atoms with van der Waals surface area (Å²) in [4.78, 5) is 14.9. The molecule has 1 aromatic carbocycles. The molecule has 1 amide bonds. The summed E-state index contributed by atoms with van der Waals surface area (Å²) in [5, 5.41) is 8.17. The first-order valence-electron chi connectivity index (χ1n) is 8.79. The first-order valence-corrected chi connectivity index (χ1v) is 8.79. The van der Waals surface area contributed by atoms with Gasteiger partial charge in [0.2, 0.25) is 0 Å². The molecule has 2 aromatic rings. The Morgan fingerprint density at radius 1 is 1.40 bits per heavy atom. The second-order valence-corrected chi connectivity index (χ2v) is 6.47. The van der Waals surface area contributed by atoms with Crippen molar-refractivity contribution in [1.82, 2.24) is 19.9 Å². The smallest absolute Gasteiger partial charge is 0.257 e. The van der Waals surface area contributed by atoms with Crippen LogP contribution < -0.4 is 4.74 Å². The molecular weight excluding hydrogens is 320 g/mol. The van der Waals surface area contributed by atoms with Crippen molar-refractivity contribution in [2.24, 2.45) is 0 Å². The van der Waals surface area contributed by atoms with Crippen molar-refractivity contribution < 1.29 is 14.3 Å². The molecule has 0 unspecified atom stereocenters. The Morgan fingerprint density at radius 2 is 2.28 bits per heavy atom. The van der Waals surface area contributed by atoms with Crippen LogP contribution in [0.5, 0.6) is 5.75 Å². The van der Waals surface area contributed by atoms with Gasteiger partial charge in [-0.25, -0.2) is 4.68 Å². The average Bonchev–Trinajstić information content (AvgIpc) is 3.15. The van der Waals surface area contributed by atoms with Crippen LogP contribution in [0, 0.1) is 0 Å². The van der Waals surface area contributed by atoms with Gasteiger partial charge in [-0.2, -0.15) is 0 Å². The van der Waals surface area contributed by atoms with E-state index in [-0.39, 0.29) is 18.1 Å². The number of ether oxygens (including phenoxy) is 2. The van der Waals surface area contributed by atoms with Gasteiger partial charge in [0.1, 0.15) is 5.75 Å². The summed E-state index contributed by atoms with van der Waals surface area (Å²) in [5.74, 6) is 0.648. The molecule has 0 radical (unpaired) electrons. The molecule has 4 rings (SSSR count). The minimum Gasteiger partial charge on any atom is -0.493 e. The number of carbonyl (C=O) groups excluding carboxylic acids is 1. The third-order valence-electron chi connectivity index (χ3n) is 4.79. The van der Waals surface area contributed by atoms with Crippen LogP contribution in [0.2, 0.25) is 0 Å². The molecule has 0 N–H and O–H groups in total. The van der Waals surface area contributed by atoms with Gasteiger partial charge in [0.25, 0.3) is 5.91 Å². The predicted molar refractivity (Wildman–Crippen MR) is 90.4 cm³/mol. The molecule has 3 heterocycles. The number of benzene rings is 1. The van der Waals surface area contributed by atoms with E-state index in [1.54, 1.807) is 6.20 Å². The highest BCUT2D eigenvalue weighted by Crippen LogP contribution is 2.31. The molecule has 2 aliphatic rings. The Morgan fingerprint density at radius 3 is 3.16 bits per heavy atom. The number of rotatable bonds is 4. The Labute approximate surface area is 146 Å². The third kappa shape index (κ3) is 3.00. The second kappa shape index (κ2) is 6.84. The minimum absolute atomic E-state index is 0.00241. The summed E-state index contributed by atoms with van der Waals surface area (Å²) in [6, 6.07) is 7.47. The lowest BCUT2D eigenvalue weighted by Crippen LogP contribution is -2.50. The summed E-state index contributed by atoms with van der Waals surface area (Å²) < 4.78 is 13.6. The standard InChI is InChI=1S/C18H22N4O3/c1-2-9-24-16-6-4-3-5-14(16)18(23)21-8-7-17-15(11-21)22-13(12-25-17)10-19-20-22/h3-6,10,15,17H,2,7-9,11-12H2,1H3/t15-,17-/m0/s1. The zero-order chi connectivity index (χ0) is 17.2. The molecule has 2 atom stereocenters. The van der Waals surface area contributed by atoms with E-state index in [0.717, 1.165) is 18.5 Å². The van der Waals surface area contributed by atoms with Gasteiger partial charge in [0, 0.05) is 13.1 Å². The number of carbonyl (C=O) groups is 1. The lowest BCUT2D eigenvalue weighted by atomic mass is 9.99. The molecule has 132 valence electrons. The van der Waals surface area contributed by atoms with Crippen LogP contribution in [0.25, 0.3) is 0 Å². The van der Waals surface area contributed by atoms with E-state index < -0.39 is 0 Å². The first kappa shape index (κ1) is 16.1. The van der Waals surface area contributed by atoms with E-state index in [4.69, 9.17) is 9.47 Å². The maximum atomic E-state index is 13.1. The molecule has 7 heteroatoms. The van der Waals surface area contributed by atoms with E-state index in [2.05, 4.69) is 10.3 Å². The van der Waals surface area contributed by atoms with Crippen molar-refractivity contribution in [3.63, 3.8) is 0 Å². The number of hydrogen-bond donors (Lipinski definition) is 0. The summed E-state index contributed by atoms with van der Waals surface area (Å²) in [6.07, 6.45) is 3.52. The molecule has 25 heavy (non-hydrogen) atoms. The van der Waals surface area contributed by atoms with Crippen molar-refractivity contribution in [3.8, 4) is 5.75 Å². The molecular formula is C18H22N4O3. The summed E-state index contributed by atoms with van der Waals surface area (Å²) in [7, 11) is 0. The van der Waals surface area contributed by atoms with Crippen LogP contribution in [-0.4, -0.2) is 51.6 Å². The van der Waals surface area contributed by atoms with Gasteiger partial charge in [0.15, 0.2) is 0 Å². The largest absolute Gasteiger partial charge is 0.493 e. The van der Waals surface area contributed by atoms with E-state index in [1.807, 2.05) is 40.8 Å². The number of aromatic nitrogens is 3. The van der Waals surface area contributed by atoms with Gasteiger partial charge in [-0.15, -0.1) is 5.10 Å². The maximum absolute atomic E-state index is 13.1. The van der Waals surface area contributed by atoms with Gasteiger partial charge in [-0.05, 0) is 25.0 Å². The van der Waals surface area contributed by atoms with Gasteiger partial charge < -0.3 is 14.4 Å². The minimum atomic E-state index is -0.00241. The van der Waals surface area contributed by atoms with Crippen LogP contribution in [0.4, 0.5) is 0 Å². The fourth-order valence-electron chi connectivity index (χ4n) is 3.52. The molecule has 1 saturated heterocycles. The van der Waals surface area contributed by atoms with Gasteiger partial charge in [0.05, 0.1) is 42.8 Å². The fraction of sp³-hybridized carbons (Fsp3) is 0.500. The van der Waals surface area contributed by atoms with Gasteiger partial charge >= 0.3 is 0 Å². The van der Waals surface area contributed by atoms with E-state index in [9.17, 15) is 4.79 Å². The Balaban J connectivity index is 1.55. The van der Waals surface area contributed by atoms with Crippen LogP contribution >= 0.6 is 0 Å². The van der Waals surface area contributed by atoms with Gasteiger partial charge in [-0.1, -0.05) is 24.3 Å². The van der Waals surface area contributed by atoms with Crippen molar-refractivity contribution in [2.45, 2.75) is 38.5 Å². The van der Waals surface area contributed by atoms with E-state index >= 15 is 0 Å². The Kier molecular flexibility index (Phi) is 4.40. The van der Waals surface area contributed by atoms with Crippen molar-refractivity contribution in [1.29, 1.82) is 0 Å². The van der Waals surface area contributed by atoms with Crippen LogP contribution in [-0.2, 0) is 11.3 Å². The normalized spacial score (nSPS) is 22.2. The lowest BCUT2D eigenvalue weighted by molar-refractivity contribution is -0.0605. The molecule has 0 spiro atoms. The zero-order valence-electron chi connectivity index (χ0n) is 14.3. The fourth-order valence-corrected chi connectivity index (χ4v) is 3.52. The summed E-state index contributed by atoms with van der Waals surface area (Å²) in [6.45, 7) is 4.43. The zero-order valence-corrected chi connectivity index (χ0v) is 14.3. The molecule has 7 nitrogen and oxygen atoms in total. The number of fused-ring (bicyclic) bond motifs is 3. The van der Waals surface area contributed by atoms with Crippen LogP contribution in [0.15, 0.2) is 30.5 Å². The average molecular weight is 342 g/mol. The molecule has 1 fully saturated rings. The van der Waals surface area contributed by atoms with E-state index in [0.29, 0.717) is 37.6 Å². The molecule has 0 saturated carbocycles. The van der Waals surface area contributed by atoms with Crippen LogP contribution in [0.3, 0.4) is 0 Å². The predicted octanol–water partition coefficient (Wildman–Crippen LogP) is 2.05. The number of para-hydroxylation sites is 1. The van der Waals surface area contributed by atoms with E-state index in [1.165, 1.54) is 0 Å². The third-order valence-corrected chi connectivity index (χ3v) is 4.79. The van der Waals surface area contributed by atoms with Crippen molar-refractivity contribution >= 4 is 5.91 Å².